The van der Waals surface area contributed by atoms with Crippen molar-refractivity contribution in [2.75, 3.05) is 0 Å². The summed E-state index contributed by atoms with van der Waals surface area (Å²) in [5.41, 5.74) is 0.344. The third-order valence-corrected chi connectivity index (χ3v) is 4.70. The van der Waals surface area contributed by atoms with E-state index in [1.807, 2.05) is 12.1 Å². The maximum atomic E-state index is 12.9. The number of carboxylic acid groups (broad SMARTS) is 1. The third-order valence-electron chi connectivity index (χ3n) is 3.58. The van der Waals surface area contributed by atoms with E-state index in [1.165, 1.54) is 0 Å². The number of aromatic carboxylic acids is 1. The van der Waals surface area contributed by atoms with Gasteiger partial charge in [-0.2, -0.15) is 13.2 Å². The van der Waals surface area contributed by atoms with Crippen LogP contribution in [0.5, 0.6) is 0 Å². The van der Waals surface area contributed by atoms with E-state index in [-0.39, 0.29) is 11.4 Å². The Hall–Kier alpha value is -2.81. The molecule has 2 aromatic heterocycles. The fourth-order valence-corrected chi connectivity index (χ4v) is 3.37. The van der Waals surface area contributed by atoms with E-state index in [4.69, 9.17) is 5.11 Å². The van der Waals surface area contributed by atoms with E-state index in [0.717, 1.165) is 16.5 Å². The van der Waals surface area contributed by atoms with E-state index in [0.29, 0.717) is 17.4 Å². The van der Waals surface area contributed by atoms with Crippen LogP contribution < -0.4 is 5.32 Å². The molecule has 25 heavy (non-hydrogen) atoms. The quantitative estimate of drug-likeness (QED) is 0.654. The number of hydrogen-bond acceptors (Lipinski definition) is 3. The SMILES string of the molecule is O=C(NCc1cccc2[nH]ccc12)c1cc(C(F)(F)F)c(C(=O)O)s1. The first kappa shape index (κ1) is 17.0. The topological polar surface area (TPSA) is 82.2 Å². The van der Waals surface area contributed by atoms with E-state index in [1.54, 1.807) is 18.3 Å². The molecule has 3 rings (SSSR count). The Morgan fingerprint density at radius 3 is 2.64 bits per heavy atom. The van der Waals surface area contributed by atoms with E-state index in [2.05, 4.69) is 10.3 Å². The molecule has 3 N–H and O–H groups in total. The van der Waals surface area contributed by atoms with Crippen LogP contribution in [0.1, 0.15) is 30.5 Å². The highest BCUT2D eigenvalue weighted by atomic mass is 32.1. The van der Waals surface area contributed by atoms with Crippen molar-refractivity contribution in [1.82, 2.24) is 10.3 Å². The number of carboxylic acids is 1. The molecule has 0 saturated heterocycles. The first-order chi connectivity index (χ1) is 11.8. The van der Waals surface area contributed by atoms with Gasteiger partial charge in [0.25, 0.3) is 5.91 Å². The number of aromatic nitrogens is 1. The first-order valence-corrected chi connectivity index (χ1v) is 7.86. The number of thiophene rings is 1. The van der Waals surface area contributed by atoms with Gasteiger partial charge in [-0.05, 0) is 23.8 Å². The molecule has 0 atom stereocenters. The minimum absolute atomic E-state index is 0.107. The number of benzene rings is 1. The van der Waals surface area contributed by atoms with Crippen molar-refractivity contribution in [3.8, 4) is 0 Å². The van der Waals surface area contributed by atoms with Gasteiger partial charge in [-0.25, -0.2) is 4.79 Å². The summed E-state index contributed by atoms with van der Waals surface area (Å²) in [7, 11) is 0. The van der Waals surface area contributed by atoms with Crippen molar-refractivity contribution in [3.05, 3.63) is 57.4 Å². The zero-order chi connectivity index (χ0) is 18.2. The molecule has 1 amide bonds. The second kappa shape index (κ2) is 6.25. The molecule has 2 heterocycles. The summed E-state index contributed by atoms with van der Waals surface area (Å²) in [6, 6.07) is 7.83. The highest BCUT2D eigenvalue weighted by Crippen LogP contribution is 2.37. The standard InChI is InChI=1S/C16H11F3N2O3S/c17-16(18,19)10-6-12(25-13(10)15(23)24)14(22)21-7-8-2-1-3-11-9(8)4-5-20-11/h1-6,20H,7H2,(H,21,22)(H,23,24). The number of fused-ring (bicyclic) bond motifs is 1. The monoisotopic (exact) mass is 368 g/mol. The Morgan fingerprint density at radius 1 is 1.24 bits per heavy atom. The number of amides is 1. The lowest BCUT2D eigenvalue weighted by molar-refractivity contribution is -0.137. The Bertz CT molecular complexity index is 959. The highest BCUT2D eigenvalue weighted by molar-refractivity contribution is 7.16. The number of alkyl halides is 3. The number of H-pyrrole nitrogens is 1. The molecule has 5 nitrogen and oxygen atoms in total. The predicted molar refractivity (Wildman–Crippen MR) is 85.7 cm³/mol. The normalized spacial score (nSPS) is 11.6. The fourth-order valence-electron chi connectivity index (χ4n) is 2.44. The average Bonchev–Trinajstić information content (AvgIpc) is 3.18. The molecule has 0 aliphatic heterocycles. The zero-order valence-electron chi connectivity index (χ0n) is 12.5. The molecule has 0 saturated carbocycles. The van der Waals surface area contributed by atoms with Crippen LogP contribution in [0.25, 0.3) is 10.9 Å². The Morgan fingerprint density at radius 2 is 2.00 bits per heavy atom. The average molecular weight is 368 g/mol. The van der Waals surface area contributed by atoms with Gasteiger partial charge in [0.05, 0.1) is 10.4 Å². The van der Waals surface area contributed by atoms with Crippen molar-refractivity contribution in [2.45, 2.75) is 12.7 Å². The third kappa shape index (κ3) is 3.36. The van der Waals surface area contributed by atoms with E-state index < -0.39 is 28.5 Å². The lowest BCUT2D eigenvalue weighted by Gasteiger charge is -2.05. The molecule has 0 unspecified atom stereocenters. The maximum absolute atomic E-state index is 12.9. The number of nitrogens with one attached hydrogen (secondary N) is 2. The smallest absolute Gasteiger partial charge is 0.418 e. The Balaban J connectivity index is 1.82. The molecular formula is C16H11F3N2O3S. The van der Waals surface area contributed by atoms with Crippen LogP contribution in [0.15, 0.2) is 36.5 Å². The highest BCUT2D eigenvalue weighted by Gasteiger charge is 2.38. The zero-order valence-corrected chi connectivity index (χ0v) is 13.3. The first-order valence-electron chi connectivity index (χ1n) is 7.05. The molecule has 0 bridgehead atoms. The summed E-state index contributed by atoms with van der Waals surface area (Å²) < 4.78 is 38.7. The number of rotatable bonds is 4. The van der Waals surface area contributed by atoms with Crippen molar-refractivity contribution in [2.24, 2.45) is 0 Å². The largest absolute Gasteiger partial charge is 0.477 e. The van der Waals surface area contributed by atoms with Gasteiger partial charge in [0, 0.05) is 23.6 Å². The number of aromatic amines is 1. The van der Waals surface area contributed by atoms with Crippen LogP contribution in [0.4, 0.5) is 13.2 Å². The summed E-state index contributed by atoms with van der Waals surface area (Å²) >= 11 is 0.305. The Kier molecular flexibility index (Phi) is 4.25. The predicted octanol–water partition coefficient (Wildman–Crippen LogP) is 3.88. The molecule has 0 aliphatic carbocycles. The van der Waals surface area contributed by atoms with Crippen molar-refractivity contribution >= 4 is 34.1 Å². The minimum atomic E-state index is -4.83. The van der Waals surface area contributed by atoms with Gasteiger partial charge in [-0.1, -0.05) is 12.1 Å². The summed E-state index contributed by atoms with van der Waals surface area (Å²) in [5, 5.41) is 12.3. The second-order valence-corrected chi connectivity index (χ2v) is 6.25. The van der Waals surface area contributed by atoms with Gasteiger partial charge < -0.3 is 15.4 Å². The van der Waals surface area contributed by atoms with Crippen molar-refractivity contribution < 1.29 is 27.9 Å². The number of carbonyl (C=O) groups excluding carboxylic acids is 1. The molecule has 9 heteroatoms. The minimum Gasteiger partial charge on any atom is -0.477 e. The lowest BCUT2D eigenvalue weighted by Crippen LogP contribution is -2.22. The van der Waals surface area contributed by atoms with Gasteiger partial charge in [-0.3, -0.25) is 4.79 Å². The van der Waals surface area contributed by atoms with Gasteiger partial charge in [0.15, 0.2) is 0 Å². The molecule has 0 radical (unpaired) electrons. The number of carbonyl (C=O) groups is 2. The van der Waals surface area contributed by atoms with Gasteiger partial charge in [0.1, 0.15) is 4.88 Å². The van der Waals surface area contributed by atoms with Crippen LogP contribution in [0, 0.1) is 0 Å². The van der Waals surface area contributed by atoms with Gasteiger partial charge in [0.2, 0.25) is 0 Å². The fraction of sp³-hybridized carbons (Fsp3) is 0.125. The van der Waals surface area contributed by atoms with Crippen LogP contribution >= 0.6 is 11.3 Å². The lowest BCUT2D eigenvalue weighted by atomic mass is 10.1. The van der Waals surface area contributed by atoms with E-state index in [9.17, 15) is 22.8 Å². The maximum Gasteiger partial charge on any atom is 0.418 e. The molecule has 0 aliphatic rings. The van der Waals surface area contributed by atoms with E-state index >= 15 is 0 Å². The molecule has 1 aromatic carbocycles. The summed E-state index contributed by atoms with van der Waals surface area (Å²) in [5.74, 6) is -2.47. The van der Waals surface area contributed by atoms with Crippen molar-refractivity contribution in [3.63, 3.8) is 0 Å². The van der Waals surface area contributed by atoms with Crippen molar-refractivity contribution in [1.29, 1.82) is 0 Å². The van der Waals surface area contributed by atoms with Crippen LogP contribution in [0.3, 0.4) is 0 Å². The summed E-state index contributed by atoms with van der Waals surface area (Å²) in [4.78, 5) is 24.9. The van der Waals surface area contributed by atoms with Gasteiger partial charge in [-0.15, -0.1) is 11.3 Å². The molecule has 3 aromatic rings. The number of hydrogen-bond donors (Lipinski definition) is 3. The molecule has 0 spiro atoms. The Labute approximate surface area is 143 Å². The van der Waals surface area contributed by atoms with Crippen LogP contribution in [-0.2, 0) is 12.7 Å². The summed E-state index contributed by atoms with van der Waals surface area (Å²) in [6.45, 7) is 0.107. The summed E-state index contributed by atoms with van der Waals surface area (Å²) in [6.07, 6.45) is -3.09. The van der Waals surface area contributed by atoms with Crippen LogP contribution in [-0.4, -0.2) is 22.0 Å². The molecule has 0 fully saturated rings. The second-order valence-electron chi connectivity index (χ2n) is 5.20. The van der Waals surface area contributed by atoms with Crippen LogP contribution in [0.2, 0.25) is 0 Å². The van der Waals surface area contributed by atoms with Gasteiger partial charge >= 0.3 is 12.1 Å². The molecule has 130 valence electrons. The number of halogens is 3. The molecular weight excluding hydrogens is 357 g/mol.